The molecule has 4 rings (SSSR count). The van der Waals surface area contributed by atoms with Gasteiger partial charge in [-0.3, -0.25) is 9.89 Å². The number of nitrogens with zero attached hydrogens (tertiary/aromatic N) is 2. The average Bonchev–Trinajstić information content (AvgIpc) is 3.12. The molecule has 4 aromatic rings. The summed E-state index contributed by atoms with van der Waals surface area (Å²) in [5.41, 5.74) is 7.97. The molecule has 152 valence electrons. The van der Waals surface area contributed by atoms with Crippen molar-refractivity contribution in [1.82, 2.24) is 15.2 Å². The SMILES string of the molecule is Cc1cc(C)cc(C(=O)Cc2ccc(C)c(-c3ccc4c(C(C)O)[nH]nc4n3)c2)c1. The summed E-state index contributed by atoms with van der Waals surface area (Å²) in [6, 6.07) is 15.9. The molecule has 30 heavy (non-hydrogen) atoms. The van der Waals surface area contributed by atoms with Crippen LogP contribution in [0.4, 0.5) is 0 Å². The molecule has 5 heteroatoms. The lowest BCUT2D eigenvalue weighted by Crippen LogP contribution is -2.05. The molecule has 2 heterocycles. The number of aliphatic hydroxyl groups excluding tert-OH is 1. The summed E-state index contributed by atoms with van der Waals surface area (Å²) >= 11 is 0. The molecular formula is C25H25N3O2. The van der Waals surface area contributed by atoms with Crippen LogP contribution in [-0.4, -0.2) is 26.1 Å². The van der Waals surface area contributed by atoms with Crippen molar-refractivity contribution in [2.75, 3.05) is 0 Å². The lowest BCUT2D eigenvalue weighted by molar-refractivity contribution is 0.0993. The Balaban J connectivity index is 1.66. The van der Waals surface area contributed by atoms with E-state index in [2.05, 4.69) is 21.2 Å². The summed E-state index contributed by atoms with van der Waals surface area (Å²) in [7, 11) is 0. The van der Waals surface area contributed by atoms with E-state index in [4.69, 9.17) is 0 Å². The highest BCUT2D eigenvalue weighted by molar-refractivity contribution is 5.98. The van der Waals surface area contributed by atoms with E-state index in [0.717, 1.165) is 44.5 Å². The zero-order valence-corrected chi connectivity index (χ0v) is 17.7. The van der Waals surface area contributed by atoms with Gasteiger partial charge < -0.3 is 5.11 Å². The average molecular weight is 399 g/mol. The molecule has 0 spiro atoms. The number of benzene rings is 2. The Morgan fingerprint density at radius 3 is 2.47 bits per heavy atom. The normalized spacial score (nSPS) is 12.3. The van der Waals surface area contributed by atoms with Crippen molar-refractivity contribution in [3.63, 3.8) is 0 Å². The van der Waals surface area contributed by atoms with Gasteiger partial charge in [-0.05, 0) is 69.2 Å². The zero-order valence-electron chi connectivity index (χ0n) is 17.7. The predicted octanol–water partition coefficient (Wildman–Crippen LogP) is 5.03. The predicted molar refractivity (Wildman–Crippen MR) is 119 cm³/mol. The fourth-order valence-electron chi connectivity index (χ4n) is 3.86. The van der Waals surface area contributed by atoms with Gasteiger partial charge in [-0.2, -0.15) is 5.10 Å². The van der Waals surface area contributed by atoms with Crippen LogP contribution in [0.1, 0.15) is 51.3 Å². The quantitative estimate of drug-likeness (QED) is 0.461. The van der Waals surface area contributed by atoms with Crippen LogP contribution in [0.25, 0.3) is 22.3 Å². The molecule has 2 N–H and O–H groups in total. The Hall–Kier alpha value is -3.31. The van der Waals surface area contributed by atoms with Crippen molar-refractivity contribution in [2.45, 2.75) is 40.2 Å². The van der Waals surface area contributed by atoms with Gasteiger partial charge in [-0.1, -0.05) is 29.3 Å². The van der Waals surface area contributed by atoms with E-state index in [9.17, 15) is 9.90 Å². The Morgan fingerprint density at radius 2 is 1.77 bits per heavy atom. The van der Waals surface area contributed by atoms with Gasteiger partial charge in [0.15, 0.2) is 11.4 Å². The van der Waals surface area contributed by atoms with E-state index < -0.39 is 6.10 Å². The highest BCUT2D eigenvalue weighted by Crippen LogP contribution is 2.27. The van der Waals surface area contributed by atoms with Crippen molar-refractivity contribution < 1.29 is 9.90 Å². The molecule has 2 aromatic carbocycles. The molecular weight excluding hydrogens is 374 g/mol. The summed E-state index contributed by atoms with van der Waals surface area (Å²) in [6.07, 6.45) is -0.295. The van der Waals surface area contributed by atoms with E-state index >= 15 is 0 Å². The molecule has 0 radical (unpaired) electrons. The molecule has 0 fully saturated rings. The molecule has 0 aliphatic rings. The van der Waals surface area contributed by atoms with Crippen molar-refractivity contribution in [2.24, 2.45) is 0 Å². The first-order valence-corrected chi connectivity index (χ1v) is 10.1. The molecule has 0 aliphatic heterocycles. The van der Waals surface area contributed by atoms with Gasteiger partial charge in [0.2, 0.25) is 0 Å². The second-order valence-corrected chi connectivity index (χ2v) is 8.01. The maximum atomic E-state index is 12.8. The number of Topliss-reactive ketones (excluding diaryl/α,β-unsaturated/α-hetero) is 1. The van der Waals surface area contributed by atoms with Crippen molar-refractivity contribution in [3.8, 4) is 11.3 Å². The topological polar surface area (TPSA) is 78.9 Å². The molecule has 0 saturated carbocycles. The lowest BCUT2D eigenvalue weighted by atomic mass is 9.96. The van der Waals surface area contributed by atoms with Crippen LogP contribution in [0.15, 0.2) is 48.5 Å². The molecule has 0 bridgehead atoms. The van der Waals surface area contributed by atoms with E-state index in [0.29, 0.717) is 17.8 Å². The van der Waals surface area contributed by atoms with Crippen LogP contribution < -0.4 is 0 Å². The van der Waals surface area contributed by atoms with Gasteiger partial charge in [0.25, 0.3) is 0 Å². The third-order valence-electron chi connectivity index (χ3n) is 5.35. The van der Waals surface area contributed by atoms with Gasteiger partial charge in [0.05, 0.1) is 17.5 Å². The van der Waals surface area contributed by atoms with Crippen LogP contribution in [-0.2, 0) is 6.42 Å². The number of aromatic nitrogens is 3. The number of aliphatic hydroxyl groups is 1. The molecule has 1 atom stereocenters. The summed E-state index contributed by atoms with van der Waals surface area (Å²) < 4.78 is 0. The highest BCUT2D eigenvalue weighted by atomic mass is 16.3. The number of aromatic amines is 1. The van der Waals surface area contributed by atoms with Gasteiger partial charge in [-0.15, -0.1) is 0 Å². The molecule has 1 unspecified atom stereocenters. The number of rotatable bonds is 5. The third kappa shape index (κ3) is 3.89. The van der Waals surface area contributed by atoms with Gasteiger partial charge in [0, 0.05) is 22.9 Å². The zero-order chi connectivity index (χ0) is 21.4. The summed E-state index contributed by atoms with van der Waals surface area (Å²) in [6.45, 7) is 7.74. The number of hydrogen-bond donors (Lipinski definition) is 2. The van der Waals surface area contributed by atoms with Gasteiger partial charge >= 0.3 is 0 Å². The first-order valence-electron chi connectivity index (χ1n) is 10.1. The number of hydrogen-bond acceptors (Lipinski definition) is 4. The number of nitrogens with one attached hydrogen (secondary N) is 1. The fourth-order valence-corrected chi connectivity index (χ4v) is 3.86. The Labute approximate surface area is 175 Å². The molecule has 0 saturated heterocycles. The second-order valence-electron chi connectivity index (χ2n) is 8.01. The highest BCUT2D eigenvalue weighted by Gasteiger charge is 2.14. The number of pyridine rings is 1. The third-order valence-corrected chi connectivity index (χ3v) is 5.35. The lowest BCUT2D eigenvalue weighted by Gasteiger charge is -2.10. The van der Waals surface area contributed by atoms with Crippen LogP contribution >= 0.6 is 0 Å². The standard InChI is InChI=1S/C25H25N3O2/c1-14-9-15(2)11-19(10-14)23(30)13-18-6-5-16(3)21(12-18)22-8-7-20-24(17(4)29)27-28-25(20)26-22/h5-12,17,29H,13H2,1-4H3,(H,26,27,28). The minimum absolute atomic E-state index is 0.105. The van der Waals surface area contributed by atoms with Crippen LogP contribution in [0, 0.1) is 20.8 Å². The first-order chi connectivity index (χ1) is 14.3. The van der Waals surface area contributed by atoms with E-state index in [-0.39, 0.29) is 5.78 Å². The number of aryl methyl sites for hydroxylation is 3. The maximum Gasteiger partial charge on any atom is 0.181 e. The van der Waals surface area contributed by atoms with Crippen molar-refractivity contribution in [1.29, 1.82) is 0 Å². The summed E-state index contributed by atoms with van der Waals surface area (Å²) in [5.74, 6) is 0.105. The number of fused-ring (bicyclic) bond motifs is 1. The molecule has 5 nitrogen and oxygen atoms in total. The Morgan fingerprint density at radius 1 is 1.03 bits per heavy atom. The number of carbonyl (C=O) groups excluding carboxylic acids is 1. The molecule has 0 aliphatic carbocycles. The van der Waals surface area contributed by atoms with Crippen molar-refractivity contribution in [3.05, 3.63) is 82.0 Å². The van der Waals surface area contributed by atoms with Gasteiger partial charge in [-0.25, -0.2) is 4.98 Å². The fraction of sp³-hybridized carbons (Fsp3) is 0.240. The smallest absolute Gasteiger partial charge is 0.181 e. The van der Waals surface area contributed by atoms with Crippen LogP contribution in [0.5, 0.6) is 0 Å². The van der Waals surface area contributed by atoms with Gasteiger partial charge in [0.1, 0.15) is 0 Å². The van der Waals surface area contributed by atoms with Crippen LogP contribution in [0.2, 0.25) is 0 Å². The second kappa shape index (κ2) is 7.84. The maximum absolute atomic E-state index is 12.8. The van der Waals surface area contributed by atoms with E-state index in [1.807, 2.05) is 63.2 Å². The summed E-state index contributed by atoms with van der Waals surface area (Å²) in [4.78, 5) is 17.5. The number of H-pyrrole nitrogens is 1. The number of carbonyl (C=O) groups is 1. The first kappa shape index (κ1) is 20.0. The Kier molecular flexibility index (Phi) is 5.22. The minimum Gasteiger partial charge on any atom is -0.387 e. The molecule has 0 amide bonds. The molecule has 2 aromatic heterocycles. The minimum atomic E-state index is -0.635. The van der Waals surface area contributed by atoms with Crippen molar-refractivity contribution >= 4 is 16.8 Å². The monoisotopic (exact) mass is 399 g/mol. The van der Waals surface area contributed by atoms with Crippen LogP contribution in [0.3, 0.4) is 0 Å². The summed E-state index contributed by atoms with van der Waals surface area (Å²) in [5, 5.41) is 17.8. The van der Waals surface area contributed by atoms with E-state index in [1.54, 1.807) is 6.92 Å². The number of ketones is 1. The Bertz CT molecular complexity index is 1230. The largest absolute Gasteiger partial charge is 0.387 e. The van der Waals surface area contributed by atoms with E-state index in [1.165, 1.54) is 0 Å².